The standard InChI is InChI=1S/C24H29Cl2N3O4S/c1-2-3-12-27-24(31)19-6-4-5-7-22(19)28-23(30)18-10-13-29(14-11-18)34(32,33)16-17-8-9-20(25)21(26)15-17/h4-9,15,18H,2-3,10-14,16H2,1H3,(H,27,31)(H,28,30). The van der Waals surface area contributed by atoms with Gasteiger partial charge in [0.15, 0.2) is 0 Å². The first-order valence-corrected chi connectivity index (χ1v) is 13.7. The number of hydrogen-bond acceptors (Lipinski definition) is 4. The van der Waals surface area contributed by atoms with Crippen LogP contribution in [-0.2, 0) is 20.6 Å². The van der Waals surface area contributed by atoms with Crippen molar-refractivity contribution in [1.29, 1.82) is 0 Å². The Bertz CT molecular complexity index is 1130. The van der Waals surface area contributed by atoms with Gasteiger partial charge in [0.2, 0.25) is 15.9 Å². The molecule has 0 bridgehead atoms. The number of rotatable bonds is 9. The lowest BCUT2D eigenvalue weighted by atomic mass is 9.97. The molecule has 2 aromatic rings. The van der Waals surface area contributed by atoms with Gasteiger partial charge in [0.05, 0.1) is 27.0 Å². The smallest absolute Gasteiger partial charge is 0.253 e. The van der Waals surface area contributed by atoms with Gasteiger partial charge in [-0.05, 0) is 49.1 Å². The van der Waals surface area contributed by atoms with Crippen LogP contribution < -0.4 is 10.6 Å². The molecule has 1 aliphatic heterocycles. The van der Waals surface area contributed by atoms with E-state index in [4.69, 9.17) is 23.2 Å². The summed E-state index contributed by atoms with van der Waals surface area (Å²) in [6, 6.07) is 11.7. The van der Waals surface area contributed by atoms with E-state index < -0.39 is 10.0 Å². The zero-order valence-electron chi connectivity index (χ0n) is 19.0. The molecule has 0 atom stereocenters. The molecule has 0 aliphatic carbocycles. The first-order chi connectivity index (χ1) is 16.2. The quantitative estimate of drug-likeness (QED) is 0.463. The maximum absolute atomic E-state index is 12.9. The highest BCUT2D eigenvalue weighted by atomic mass is 35.5. The minimum Gasteiger partial charge on any atom is -0.352 e. The van der Waals surface area contributed by atoms with E-state index >= 15 is 0 Å². The van der Waals surface area contributed by atoms with E-state index in [1.54, 1.807) is 42.5 Å². The second kappa shape index (κ2) is 12.0. The Labute approximate surface area is 210 Å². The van der Waals surface area contributed by atoms with Crippen molar-refractivity contribution >= 4 is 50.7 Å². The third-order valence-electron chi connectivity index (χ3n) is 5.80. The van der Waals surface area contributed by atoms with Gasteiger partial charge in [-0.15, -0.1) is 0 Å². The molecule has 0 aromatic heterocycles. The molecule has 1 heterocycles. The van der Waals surface area contributed by atoms with Gasteiger partial charge < -0.3 is 10.6 Å². The number of amides is 2. The molecule has 1 saturated heterocycles. The third kappa shape index (κ3) is 6.95. The maximum atomic E-state index is 12.9. The van der Waals surface area contributed by atoms with E-state index in [9.17, 15) is 18.0 Å². The summed E-state index contributed by atoms with van der Waals surface area (Å²) in [5.41, 5.74) is 1.42. The molecule has 184 valence electrons. The summed E-state index contributed by atoms with van der Waals surface area (Å²) in [5, 5.41) is 6.40. The lowest BCUT2D eigenvalue weighted by Crippen LogP contribution is -2.42. The highest BCUT2D eigenvalue weighted by molar-refractivity contribution is 7.88. The molecule has 2 N–H and O–H groups in total. The summed E-state index contributed by atoms with van der Waals surface area (Å²) < 4.78 is 27.1. The van der Waals surface area contributed by atoms with E-state index in [1.165, 1.54) is 4.31 Å². The number of carbonyl (C=O) groups excluding carboxylic acids is 2. The molecule has 2 aromatic carbocycles. The molecule has 0 radical (unpaired) electrons. The number of benzene rings is 2. The monoisotopic (exact) mass is 525 g/mol. The molecule has 1 aliphatic rings. The second-order valence-electron chi connectivity index (χ2n) is 8.32. The van der Waals surface area contributed by atoms with Crippen molar-refractivity contribution in [3.05, 3.63) is 63.6 Å². The number of halogens is 2. The minimum absolute atomic E-state index is 0.179. The Hall–Kier alpha value is -2.13. The van der Waals surface area contributed by atoms with Gasteiger partial charge in [-0.2, -0.15) is 0 Å². The van der Waals surface area contributed by atoms with Crippen LogP contribution in [0.1, 0.15) is 48.5 Å². The number of nitrogens with zero attached hydrogens (tertiary/aromatic N) is 1. The fourth-order valence-electron chi connectivity index (χ4n) is 3.83. The molecule has 7 nitrogen and oxygen atoms in total. The molecule has 10 heteroatoms. The molecule has 34 heavy (non-hydrogen) atoms. The Morgan fingerprint density at radius 1 is 1.06 bits per heavy atom. The van der Waals surface area contributed by atoms with Crippen LogP contribution in [0.2, 0.25) is 10.0 Å². The molecular weight excluding hydrogens is 497 g/mol. The Morgan fingerprint density at radius 2 is 1.76 bits per heavy atom. The highest BCUT2D eigenvalue weighted by Crippen LogP contribution is 2.27. The Morgan fingerprint density at radius 3 is 2.44 bits per heavy atom. The van der Waals surface area contributed by atoms with Crippen LogP contribution in [0.3, 0.4) is 0 Å². The van der Waals surface area contributed by atoms with Crippen LogP contribution in [0.25, 0.3) is 0 Å². The molecule has 2 amide bonds. The van der Waals surface area contributed by atoms with Crippen LogP contribution >= 0.6 is 23.2 Å². The number of unbranched alkanes of at least 4 members (excludes halogenated alkanes) is 1. The van der Waals surface area contributed by atoms with Gasteiger partial charge in [0, 0.05) is 25.6 Å². The minimum atomic E-state index is -3.56. The molecule has 3 rings (SSSR count). The van der Waals surface area contributed by atoms with E-state index in [0.29, 0.717) is 46.2 Å². The van der Waals surface area contributed by atoms with Crippen molar-refractivity contribution in [1.82, 2.24) is 9.62 Å². The van der Waals surface area contributed by atoms with Crippen molar-refractivity contribution in [2.75, 3.05) is 25.0 Å². The summed E-state index contributed by atoms with van der Waals surface area (Å²) in [5.74, 6) is -0.961. The average molecular weight is 526 g/mol. The zero-order valence-corrected chi connectivity index (χ0v) is 21.3. The maximum Gasteiger partial charge on any atom is 0.253 e. The van der Waals surface area contributed by atoms with Crippen molar-refractivity contribution in [3.8, 4) is 0 Å². The van der Waals surface area contributed by atoms with E-state index in [1.807, 2.05) is 6.92 Å². The summed E-state index contributed by atoms with van der Waals surface area (Å²) in [7, 11) is -3.56. The number of nitrogens with one attached hydrogen (secondary N) is 2. The fourth-order valence-corrected chi connectivity index (χ4v) is 5.70. The van der Waals surface area contributed by atoms with Gasteiger partial charge in [-0.3, -0.25) is 9.59 Å². The lowest BCUT2D eigenvalue weighted by molar-refractivity contribution is -0.120. The number of hydrogen-bond donors (Lipinski definition) is 2. The summed E-state index contributed by atoms with van der Waals surface area (Å²) in [4.78, 5) is 25.4. The summed E-state index contributed by atoms with van der Waals surface area (Å²) in [6.45, 7) is 3.12. The third-order valence-corrected chi connectivity index (χ3v) is 8.39. The molecule has 0 unspecified atom stereocenters. The van der Waals surface area contributed by atoms with Crippen LogP contribution in [0, 0.1) is 5.92 Å². The van der Waals surface area contributed by atoms with Crippen molar-refractivity contribution < 1.29 is 18.0 Å². The Balaban J connectivity index is 1.58. The van der Waals surface area contributed by atoms with Gasteiger partial charge in [0.25, 0.3) is 5.91 Å². The van der Waals surface area contributed by atoms with Crippen molar-refractivity contribution in [2.45, 2.75) is 38.4 Å². The van der Waals surface area contributed by atoms with Gasteiger partial charge in [0.1, 0.15) is 0 Å². The predicted molar refractivity (Wildman–Crippen MR) is 136 cm³/mol. The van der Waals surface area contributed by atoms with E-state index in [2.05, 4.69) is 10.6 Å². The van der Waals surface area contributed by atoms with Gasteiger partial charge in [-0.1, -0.05) is 54.7 Å². The number of carbonyl (C=O) groups is 2. The first-order valence-electron chi connectivity index (χ1n) is 11.3. The predicted octanol–water partition coefficient (Wildman–Crippen LogP) is 4.70. The van der Waals surface area contributed by atoms with Crippen LogP contribution in [-0.4, -0.2) is 44.2 Å². The van der Waals surface area contributed by atoms with Crippen LogP contribution in [0.4, 0.5) is 5.69 Å². The average Bonchev–Trinajstić information content (AvgIpc) is 2.82. The topological polar surface area (TPSA) is 95.6 Å². The number of sulfonamides is 1. The van der Waals surface area contributed by atoms with Crippen molar-refractivity contribution in [3.63, 3.8) is 0 Å². The molecule has 0 saturated carbocycles. The van der Waals surface area contributed by atoms with Crippen LogP contribution in [0.15, 0.2) is 42.5 Å². The SMILES string of the molecule is CCCCNC(=O)c1ccccc1NC(=O)C1CCN(S(=O)(=O)Cc2ccc(Cl)c(Cl)c2)CC1. The van der Waals surface area contributed by atoms with Gasteiger partial charge in [-0.25, -0.2) is 12.7 Å². The van der Waals surface area contributed by atoms with Gasteiger partial charge >= 0.3 is 0 Å². The number of anilines is 1. The largest absolute Gasteiger partial charge is 0.352 e. The second-order valence-corrected chi connectivity index (χ2v) is 11.1. The molecular formula is C24H29Cl2N3O4S. The lowest BCUT2D eigenvalue weighted by Gasteiger charge is -2.30. The van der Waals surface area contributed by atoms with E-state index in [0.717, 1.165) is 12.8 Å². The molecule has 0 spiro atoms. The first kappa shape index (κ1) is 26.5. The zero-order chi connectivity index (χ0) is 24.7. The fraction of sp³-hybridized carbons (Fsp3) is 0.417. The summed E-state index contributed by atoms with van der Waals surface area (Å²) >= 11 is 11.9. The van der Waals surface area contributed by atoms with Crippen LogP contribution in [0.5, 0.6) is 0 Å². The normalized spacial score (nSPS) is 15.1. The number of para-hydroxylation sites is 1. The van der Waals surface area contributed by atoms with Crippen molar-refractivity contribution in [2.24, 2.45) is 5.92 Å². The van der Waals surface area contributed by atoms with E-state index in [-0.39, 0.29) is 36.6 Å². The highest BCUT2D eigenvalue weighted by Gasteiger charge is 2.31. The summed E-state index contributed by atoms with van der Waals surface area (Å²) in [6.07, 6.45) is 2.65. The number of piperidine rings is 1. The molecule has 1 fully saturated rings. The Kier molecular flexibility index (Phi) is 9.36.